The second-order valence-corrected chi connectivity index (χ2v) is 7.12. The summed E-state index contributed by atoms with van der Waals surface area (Å²) < 4.78 is 1.67. The molecule has 0 unspecified atom stereocenters. The van der Waals surface area contributed by atoms with E-state index in [0.29, 0.717) is 18.1 Å². The van der Waals surface area contributed by atoms with Crippen LogP contribution in [0.15, 0.2) is 30.6 Å². The molecule has 2 aromatic rings. The monoisotopic (exact) mass is 354 g/mol. The molecule has 0 bridgehead atoms. The quantitative estimate of drug-likeness (QED) is 0.887. The van der Waals surface area contributed by atoms with Crippen molar-refractivity contribution in [3.05, 3.63) is 41.7 Å². The summed E-state index contributed by atoms with van der Waals surface area (Å²) in [6.45, 7) is 8.20. The summed E-state index contributed by atoms with van der Waals surface area (Å²) >= 11 is 0. The van der Waals surface area contributed by atoms with Gasteiger partial charge in [-0.3, -0.25) is 19.9 Å². The zero-order valence-electron chi connectivity index (χ0n) is 15.3. The number of rotatable bonds is 5. The van der Waals surface area contributed by atoms with Gasteiger partial charge in [0.25, 0.3) is 5.91 Å². The van der Waals surface area contributed by atoms with E-state index in [1.807, 2.05) is 25.1 Å². The third kappa shape index (κ3) is 3.64. The molecule has 0 radical (unpaired) electrons. The average Bonchev–Trinajstić information content (AvgIpc) is 3.30. The van der Waals surface area contributed by atoms with Crippen molar-refractivity contribution in [1.29, 1.82) is 0 Å². The van der Waals surface area contributed by atoms with Crippen LogP contribution in [0.2, 0.25) is 0 Å². The largest absolute Gasteiger partial charge is 0.298 e. The number of amides is 1. The number of fused-ring (bicyclic) bond motifs is 1. The summed E-state index contributed by atoms with van der Waals surface area (Å²) in [5.41, 5.74) is 1.84. The lowest BCUT2D eigenvalue weighted by Gasteiger charge is -2.37. The van der Waals surface area contributed by atoms with Crippen molar-refractivity contribution in [2.45, 2.75) is 38.9 Å². The normalized spacial score (nSPS) is 20.9. The highest BCUT2D eigenvalue weighted by atomic mass is 16.1. The zero-order valence-corrected chi connectivity index (χ0v) is 15.3. The maximum atomic E-state index is 12.6. The molecule has 0 aliphatic carbocycles. The van der Waals surface area contributed by atoms with E-state index in [1.165, 1.54) is 31.3 Å². The Morgan fingerprint density at radius 1 is 1.31 bits per heavy atom. The molecule has 1 amide bonds. The number of piperazine rings is 1. The molecular formula is C19H26N6O. The van der Waals surface area contributed by atoms with Crippen LogP contribution in [0.5, 0.6) is 0 Å². The third-order valence-corrected chi connectivity index (χ3v) is 5.41. The van der Waals surface area contributed by atoms with Crippen LogP contribution in [0.1, 0.15) is 35.7 Å². The molecule has 1 atom stereocenters. The number of benzene rings is 1. The van der Waals surface area contributed by atoms with Crippen molar-refractivity contribution in [2.24, 2.45) is 0 Å². The van der Waals surface area contributed by atoms with E-state index >= 15 is 0 Å². The second-order valence-electron chi connectivity index (χ2n) is 7.12. The molecule has 2 aliphatic heterocycles. The van der Waals surface area contributed by atoms with Gasteiger partial charge in [0.2, 0.25) is 5.95 Å². The Kier molecular flexibility index (Phi) is 4.99. The summed E-state index contributed by atoms with van der Waals surface area (Å²) in [6.07, 6.45) is 4.10. The number of carbonyl (C=O) groups is 1. The van der Waals surface area contributed by atoms with E-state index in [-0.39, 0.29) is 5.91 Å². The van der Waals surface area contributed by atoms with Crippen molar-refractivity contribution < 1.29 is 4.79 Å². The summed E-state index contributed by atoms with van der Waals surface area (Å²) in [7, 11) is 0. The molecule has 2 aliphatic rings. The van der Waals surface area contributed by atoms with Crippen LogP contribution in [0.3, 0.4) is 0 Å². The molecule has 26 heavy (non-hydrogen) atoms. The third-order valence-electron chi connectivity index (χ3n) is 5.41. The Morgan fingerprint density at radius 3 is 3.12 bits per heavy atom. The van der Waals surface area contributed by atoms with Crippen LogP contribution in [-0.4, -0.2) is 62.7 Å². The van der Waals surface area contributed by atoms with Gasteiger partial charge in [0.05, 0.1) is 0 Å². The fourth-order valence-electron chi connectivity index (χ4n) is 4.03. The van der Waals surface area contributed by atoms with Crippen LogP contribution in [0, 0.1) is 0 Å². The first-order valence-corrected chi connectivity index (χ1v) is 9.47. The molecule has 7 heteroatoms. The van der Waals surface area contributed by atoms with Gasteiger partial charge in [0, 0.05) is 44.3 Å². The Hall–Kier alpha value is -2.25. The molecule has 0 spiro atoms. The molecule has 2 saturated heterocycles. The first-order valence-electron chi connectivity index (χ1n) is 9.47. The van der Waals surface area contributed by atoms with Gasteiger partial charge in [-0.1, -0.05) is 12.1 Å². The summed E-state index contributed by atoms with van der Waals surface area (Å²) in [4.78, 5) is 21.8. The zero-order chi connectivity index (χ0) is 17.9. The van der Waals surface area contributed by atoms with E-state index in [9.17, 15) is 4.79 Å². The van der Waals surface area contributed by atoms with E-state index < -0.39 is 0 Å². The maximum absolute atomic E-state index is 12.6. The molecule has 3 heterocycles. The lowest BCUT2D eigenvalue weighted by molar-refractivity contribution is 0.0990. The van der Waals surface area contributed by atoms with E-state index in [0.717, 1.165) is 32.2 Å². The van der Waals surface area contributed by atoms with Gasteiger partial charge in [-0.05, 0) is 44.0 Å². The Morgan fingerprint density at radius 2 is 2.23 bits per heavy atom. The first kappa shape index (κ1) is 17.2. The fraction of sp³-hybridized carbons (Fsp3) is 0.526. The number of nitrogens with zero attached hydrogens (tertiary/aromatic N) is 5. The number of hydrogen-bond acceptors (Lipinski definition) is 5. The van der Waals surface area contributed by atoms with Crippen molar-refractivity contribution in [3.63, 3.8) is 0 Å². The summed E-state index contributed by atoms with van der Waals surface area (Å²) in [5.74, 6) is 0.343. The minimum atomic E-state index is -0.143. The number of aryl methyl sites for hydroxylation is 1. The van der Waals surface area contributed by atoms with Crippen molar-refractivity contribution in [2.75, 3.05) is 31.5 Å². The highest BCUT2D eigenvalue weighted by Crippen LogP contribution is 2.22. The van der Waals surface area contributed by atoms with E-state index in [1.54, 1.807) is 4.68 Å². The minimum Gasteiger partial charge on any atom is -0.298 e. The molecule has 0 saturated carbocycles. The molecule has 2 fully saturated rings. The predicted octanol–water partition coefficient (Wildman–Crippen LogP) is 1.83. The summed E-state index contributed by atoms with van der Waals surface area (Å²) in [6, 6.07) is 8.62. The van der Waals surface area contributed by atoms with Gasteiger partial charge in [-0.25, -0.2) is 4.68 Å². The molecule has 1 aromatic heterocycles. The topological polar surface area (TPSA) is 66.3 Å². The Labute approximate surface area is 154 Å². The van der Waals surface area contributed by atoms with Gasteiger partial charge in [-0.15, -0.1) is 0 Å². The molecule has 1 aromatic carbocycles. The van der Waals surface area contributed by atoms with Crippen LogP contribution in [0.4, 0.5) is 5.95 Å². The molecule has 4 rings (SSSR count). The van der Waals surface area contributed by atoms with Gasteiger partial charge < -0.3 is 0 Å². The van der Waals surface area contributed by atoms with Gasteiger partial charge in [-0.2, -0.15) is 10.1 Å². The number of aromatic nitrogens is 3. The Balaban J connectivity index is 1.40. The second kappa shape index (κ2) is 7.55. The smallest absolute Gasteiger partial charge is 0.258 e. The van der Waals surface area contributed by atoms with E-state index in [2.05, 4.69) is 31.3 Å². The summed E-state index contributed by atoms with van der Waals surface area (Å²) in [5, 5.41) is 6.93. The first-order chi connectivity index (χ1) is 12.7. The van der Waals surface area contributed by atoms with Gasteiger partial charge in [0.15, 0.2) is 0 Å². The minimum absolute atomic E-state index is 0.143. The van der Waals surface area contributed by atoms with Crippen LogP contribution in [-0.2, 0) is 13.1 Å². The number of anilines is 1. The number of carbonyl (C=O) groups excluding carboxylic acids is 1. The fourth-order valence-corrected chi connectivity index (χ4v) is 4.03. The van der Waals surface area contributed by atoms with Crippen LogP contribution in [0.25, 0.3) is 0 Å². The predicted molar refractivity (Wildman–Crippen MR) is 100.0 cm³/mol. The average molecular weight is 354 g/mol. The maximum Gasteiger partial charge on any atom is 0.258 e. The van der Waals surface area contributed by atoms with Gasteiger partial charge >= 0.3 is 0 Å². The standard InChI is InChI=1S/C19H26N6O/c1-2-25-19(20-14-21-25)22-18(26)16-6-3-5-15(11-16)12-23-9-10-24-8-4-7-17(24)13-23/h3,5-6,11,14,17H,2,4,7-10,12-13H2,1H3,(H,20,21,22,26)/t17-/m1/s1. The molecule has 138 valence electrons. The Bertz CT molecular complexity index is 773. The van der Waals surface area contributed by atoms with Gasteiger partial charge in [0.1, 0.15) is 6.33 Å². The van der Waals surface area contributed by atoms with Crippen LogP contribution < -0.4 is 5.32 Å². The lowest BCUT2D eigenvalue weighted by atomic mass is 10.1. The SMILES string of the molecule is CCn1ncnc1NC(=O)c1cccc(CN2CCN3CCC[C@@H]3C2)c1. The van der Waals surface area contributed by atoms with Crippen molar-refractivity contribution in [3.8, 4) is 0 Å². The molecule has 1 N–H and O–H groups in total. The van der Waals surface area contributed by atoms with Crippen LogP contribution >= 0.6 is 0 Å². The lowest BCUT2D eigenvalue weighted by Crippen LogP contribution is -2.49. The number of nitrogens with one attached hydrogen (secondary N) is 1. The van der Waals surface area contributed by atoms with Crippen molar-refractivity contribution >= 4 is 11.9 Å². The number of hydrogen-bond donors (Lipinski definition) is 1. The molecular weight excluding hydrogens is 328 g/mol. The highest BCUT2D eigenvalue weighted by Gasteiger charge is 2.30. The van der Waals surface area contributed by atoms with Crippen molar-refractivity contribution in [1.82, 2.24) is 24.6 Å². The molecule has 7 nitrogen and oxygen atoms in total. The van der Waals surface area contributed by atoms with E-state index in [4.69, 9.17) is 0 Å². The highest BCUT2D eigenvalue weighted by molar-refractivity contribution is 6.03.